The molecule has 1 heterocycles. The van der Waals surface area contributed by atoms with Gasteiger partial charge in [-0.3, -0.25) is 9.69 Å². The molecule has 1 saturated heterocycles. The van der Waals surface area contributed by atoms with Gasteiger partial charge in [-0.25, -0.2) is 0 Å². The van der Waals surface area contributed by atoms with Crippen molar-refractivity contribution in [2.24, 2.45) is 5.92 Å². The topological polar surface area (TPSA) is 41.6 Å². The summed E-state index contributed by atoms with van der Waals surface area (Å²) in [5, 5.41) is 3.11. The number of anilines is 1. The Morgan fingerprint density at radius 1 is 1.21 bits per heavy atom. The summed E-state index contributed by atoms with van der Waals surface area (Å²) in [6.45, 7) is 13.1. The van der Waals surface area contributed by atoms with E-state index in [-0.39, 0.29) is 11.9 Å². The molecule has 4 nitrogen and oxygen atoms in total. The van der Waals surface area contributed by atoms with E-state index in [2.05, 4.69) is 24.1 Å². The van der Waals surface area contributed by atoms with E-state index in [4.69, 9.17) is 4.74 Å². The summed E-state index contributed by atoms with van der Waals surface area (Å²) in [6, 6.07) is 5.97. The third-order valence-corrected chi connectivity index (χ3v) is 4.80. The summed E-state index contributed by atoms with van der Waals surface area (Å²) < 4.78 is 5.93. The average molecular weight is 332 g/mol. The first-order valence-electron chi connectivity index (χ1n) is 9.11. The number of hydrogen-bond acceptors (Lipinski definition) is 3. The molecule has 4 heteroatoms. The lowest BCUT2D eigenvalue weighted by molar-refractivity contribution is -0.122. The van der Waals surface area contributed by atoms with Crippen LogP contribution in [0.5, 0.6) is 0 Å². The molecule has 1 fully saturated rings. The predicted molar refractivity (Wildman–Crippen MR) is 99.4 cm³/mol. The number of ether oxygens (including phenoxy) is 1. The van der Waals surface area contributed by atoms with E-state index in [1.165, 1.54) is 0 Å². The van der Waals surface area contributed by atoms with Gasteiger partial charge in [0.2, 0.25) is 5.91 Å². The normalized spacial score (nSPS) is 17.9. The summed E-state index contributed by atoms with van der Waals surface area (Å²) in [5.74, 6) is 0.652. The second-order valence-corrected chi connectivity index (χ2v) is 7.39. The van der Waals surface area contributed by atoms with Crippen LogP contribution in [0.2, 0.25) is 0 Å². The van der Waals surface area contributed by atoms with Gasteiger partial charge in [0.25, 0.3) is 0 Å². The Morgan fingerprint density at radius 2 is 1.79 bits per heavy atom. The smallest absolute Gasteiger partial charge is 0.241 e. The number of carbonyl (C=O) groups excluding carboxylic acids is 1. The lowest BCUT2D eigenvalue weighted by atomic mass is 10.0. The number of benzene rings is 1. The molecular weight excluding hydrogens is 300 g/mol. The van der Waals surface area contributed by atoms with Gasteiger partial charge in [0, 0.05) is 25.4 Å². The highest BCUT2D eigenvalue weighted by Gasteiger charge is 2.27. The number of likely N-dealkylation sites (tertiary alicyclic amines) is 1. The van der Waals surface area contributed by atoms with Gasteiger partial charge >= 0.3 is 0 Å². The first kappa shape index (κ1) is 18.9. The monoisotopic (exact) mass is 332 g/mol. The van der Waals surface area contributed by atoms with Gasteiger partial charge < -0.3 is 10.1 Å². The van der Waals surface area contributed by atoms with Crippen LogP contribution < -0.4 is 5.32 Å². The molecule has 1 aromatic carbocycles. The lowest BCUT2D eigenvalue weighted by Gasteiger charge is -2.35. The van der Waals surface area contributed by atoms with Crippen LogP contribution >= 0.6 is 0 Å². The van der Waals surface area contributed by atoms with Crippen LogP contribution in [0.25, 0.3) is 0 Å². The minimum atomic E-state index is -0.116. The molecule has 0 aromatic heterocycles. The van der Waals surface area contributed by atoms with E-state index in [1.807, 2.05) is 39.0 Å². The van der Waals surface area contributed by atoms with Crippen molar-refractivity contribution >= 4 is 11.6 Å². The maximum Gasteiger partial charge on any atom is 0.241 e. The Bertz CT molecular complexity index is 528. The van der Waals surface area contributed by atoms with Crippen molar-refractivity contribution in [3.05, 3.63) is 29.3 Å². The molecular formula is C20H32N2O2. The maximum atomic E-state index is 12.6. The Morgan fingerprint density at radius 3 is 2.33 bits per heavy atom. The molecule has 1 aliphatic rings. The van der Waals surface area contributed by atoms with E-state index < -0.39 is 0 Å². The SMILES string of the molecule is Cc1cccc(C)c1NC(=O)C(C)N1CCC(OCC(C)C)CC1. The fourth-order valence-corrected chi connectivity index (χ4v) is 3.16. The van der Waals surface area contributed by atoms with E-state index >= 15 is 0 Å². The Kier molecular flexibility index (Phi) is 6.81. The summed E-state index contributed by atoms with van der Waals surface area (Å²) in [4.78, 5) is 14.9. The minimum Gasteiger partial charge on any atom is -0.378 e. The first-order valence-corrected chi connectivity index (χ1v) is 9.11. The summed E-state index contributed by atoms with van der Waals surface area (Å²) >= 11 is 0. The molecule has 1 amide bonds. The molecule has 0 aliphatic carbocycles. The Hall–Kier alpha value is -1.39. The number of nitrogens with zero attached hydrogens (tertiary/aromatic N) is 1. The Balaban J connectivity index is 1.86. The van der Waals surface area contributed by atoms with Gasteiger partial charge in [-0.2, -0.15) is 0 Å². The van der Waals surface area contributed by atoms with Crippen molar-refractivity contribution in [2.45, 2.75) is 59.6 Å². The van der Waals surface area contributed by atoms with Crippen LogP contribution in [0, 0.1) is 19.8 Å². The molecule has 134 valence electrons. The zero-order valence-electron chi connectivity index (χ0n) is 15.8. The summed E-state index contributed by atoms with van der Waals surface area (Å²) in [6.07, 6.45) is 2.36. The number of hydrogen-bond donors (Lipinski definition) is 1. The van der Waals surface area contributed by atoms with Crippen molar-refractivity contribution < 1.29 is 9.53 Å². The molecule has 0 radical (unpaired) electrons. The first-order chi connectivity index (χ1) is 11.4. The Labute approximate surface area is 146 Å². The molecule has 1 atom stereocenters. The number of nitrogens with one attached hydrogen (secondary N) is 1. The molecule has 0 saturated carbocycles. The second kappa shape index (κ2) is 8.63. The highest BCUT2D eigenvalue weighted by molar-refractivity contribution is 5.95. The summed E-state index contributed by atoms with van der Waals surface area (Å²) in [7, 11) is 0. The minimum absolute atomic E-state index is 0.0777. The van der Waals surface area contributed by atoms with Crippen molar-refractivity contribution in [1.82, 2.24) is 4.90 Å². The quantitative estimate of drug-likeness (QED) is 0.862. The molecule has 2 rings (SSSR count). The third-order valence-electron chi connectivity index (χ3n) is 4.80. The van der Waals surface area contributed by atoms with E-state index in [1.54, 1.807) is 0 Å². The van der Waals surface area contributed by atoms with Crippen LogP contribution in [0.3, 0.4) is 0 Å². The highest BCUT2D eigenvalue weighted by atomic mass is 16.5. The standard InChI is InChI=1S/C20H32N2O2/c1-14(2)13-24-18-9-11-22(12-10-18)17(5)20(23)21-19-15(3)7-6-8-16(19)4/h6-8,14,17-18H,9-13H2,1-5H3,(H,21,23). The molecule has 1 aromatic rings. The van der Waals surface area contributed by atoms with Crippen molar-refractivity contribution in [3.8, 4) is 0 Å². The highest BCUT2D eigenvalue weighted by Crippen LogP contribution is 2.21. The molecule has 0 spiro atoms. The van der Waals surface area contributed by atoms with E-state index in [0.717, 1.165) is 49.4 Å². The second-order valence-electron chi connectivity index (χ2n) is 7.39. The molecule has 1 unspecified atom stereocenters. The lowest BCUT2D eigenvalue weighted by Crippen LogP contribution is -2.47. The van der Waals surface area contributed by atoms with Gasteiger partial charge in [-0.05, 0) is 50.7 Å². The van der Waals surface area contributed by atoms with E-state index in [9.17, 15) is 4.79 Å². The van der Waals surface area contributed by atoms with Crippen LogP contribution in [0.15, 0.2) is 18.2 Å². The number of rotatable bonds is 6. The zero-order valence-corrected chi connectivity index (χ0v) is 15.8. The third kappa shape index (κ3) is 5.05. The van der Waals surface area contributed by atoms with Crippen molar-refractivity contribution in [2.75, 3.05) is 25.0 Å². The van der Waals surface area contributed by atoms with Crippen molar-refractivity contribution in [1.29, 1.82) is 0 Å². The number of amides is 1. The van der Waals surface area contributed by atoms with Crippen LogP contribution in [0.1, 0.15) is 44.7 Å². The molecule has 0 bridgehead atoms. The van der Waals surface area contributed by atoms with Gasteiger partial charge in [0.05, 0.1) is 12.1 Å². The molecule has 24 heavy (non-hydrogen) atoms. The average Bonchev–Trinajstić information content (AvgIpc) is 2.56. The van der Waals surface area contributed by atoms with E-state index in [0.29, 0.717) is 12.0 Å². The number of piperidine rings is 1. The summed E-state index contributed by atoms with van der Waals surface area (Å²) in [5.41, 5.74) is 3.16. The fourth-order valence-electron chi connectivity index (χ4n) is 3.16. The number of para-hydroxylation sites is 1. The van der Waals surface area contributed by atoms with Crippen LogP contribution in [0.4, 0.5) is 5.69 Å². The van der Waals surface area contributed by atoms with Gasteiger partial charge in [0.15, 0.2) is 0 Å². The number of carbonyl (C=O) groups is 1. The fraction of sp³-hybridized carbons (Fsp3) is 0.650. The maximum absolute atomic E-state index is 12.6. The largest absolute Gasteiger partial charge is 0.378 e. The van der Waals surface area contributed by atoms with Crippen molar-refractivity contribution in [3.63, 3.8) is 0 Å². The van der Waals surface area contributed by atoms with Crippen LogP contribution in [-0.2, 0) is 9.53 Å². The van der Waals surface area contributed by atoms with Gasteiger partial charge in [0.1, 0.15) is 0 Å². The van der Waals surface area contributed by atoms with Gasteiger partial charge in [-0.15, -0.1) is 0 Å². The molecule has 1 aliphatic heterocycles. The predicted octanol–water partition coefficient (Wildman–Crippen LogP) is 3.77. The van der Waals surface area contributed by atoms with Crippen LogP contribution in [-0.4, -0.2) is 42.6 Å². The zero-order chi connectivity index (χ0) is 17.7. The number of aryl methyl sites for hydroxylation is 2. The molecule has 1 N–H and O–H groups in total. The van der Waals surface area contributed by atoms with Gasteiger partial charge in [-0.1, -0.05) is 32.0 Å².